The molecule has 0 amide bonds. The molecule has 2 heteroatoms. The van der Waals surface area contributed by atoms with E-state index in [1.807, 2.05) is 6.08 Å². The molecule has 1 atom stereocenters. The van der Waals surface area contributed by atoms with Crippen LogP contribution in [0.15, 0.2) is 11.6 Å². The van der Waals surface area contributed by atoms with E-state index in [1.54, 1.807) is 0 Å². The number of allylic oxidation sites excluding steroid dienone is 1. The van der Waals surface area contributed by atoms with Crippen molar-refractivity contribution in [1.82, 2.24) is 0 Å². The lowest BCUT2D eigenvalue weighted by Crippen LogP contribution is -2.25. The van der Waals surface area contributed by atoms with Crippen molar-refractivity contribution in [3.8, 4) is 0 Å². The van der Waals surface area contributed by atoms with E-state index < -0.39 is 0 Å². The summed E-state index contributed by atoms with van der Waals surface area (Å²) in [6, 6.07) is 0. The standard InChI is InChI=1S/C12H20O2/c1-12(2,3)10-7-5-6-9(8-10)11(13)14-4/h6,10H,5,7-8H2,1-4H3. The molecule has 1 aliphatic carbocycles. The van der Waals surface area contributed by atoms with Crippen molar-refractivity contribution in [3.05, 3.63) is 11.6 Å². The molecule has 0 saturated heterocycles. The minimum atomic E-state index is -0.154. The molecule has 0 spiro atoms. The van der Waals surface area contributed by atoms with E-state index >= 15 is 0 Å². The van der Waals surface area contributed by atoms with Crippen LogP contribution in [0, 0.1) is 11.3 Å². The van der Waals surface area contributed by atoms with Crippen LogP contribution in [0.25, 0.3) is 0 Å². The van der Waals surface area contributed by atoms with Gasteiger partial charge in [-0.3, -0.25) is 0 Å². The number of esters is 1. The summed E-state index contributed by atoms with van der Waals surface area (Å²) in [6.45, 7) is 6.70. The summed E-state index contributed by atoms with van der Waals surface area (Å²) in [5.74, 6) is 0.445. The van der Waals surface area contributed by atoms with Crippen molar-refractivity contribution in [3.63, 3.8) is 0 Å². The van der Waals surface area contributed by atoms with Gasteiger partial charge >= 0.3 is 5.97 Å². The topological polar surface area (TPSA) is 26.3 Å². The fourth-order valence-corrected chi connectivity index (χ4v) is 1.95. The Hall–Kier alpha value is -0.790. The van der Waals surface area contributed by atoms with Gasteiger partial charge in [-0.15, -0.1) is 0 Å². The lowest BCUT2D eigenvalue weighted by molar-refractivity contribution is -0.136. The summed E-state index contributed by atoms with van der Waals surface area (Å²) in [6.07, 6.45) is 5.08. The zero-order chi connectivity index (χ0) is 10.8. The van der Waals surface area contributed by atoms with Crippen LogP contribution in [-0.2, 0) is 9.53 Å². The molecular formula is C12H20O2. The van der Waals surface area contributed by atoms with Gasteiger partial charge in [0.05, 0.1) is 7.11 Å². The Morgan fingerprint density at radius 1 is 1.50 bits per heavy atom. The first kappa shape index (κ1) is 11.3. The van der Waals surface area contributed by atoms with Gasteiger partial charge in [0.15, 0.2) is 0 Å². The summed E-state index contributed by atoms with van der Waals surface area (Å²) in [4.78, 5) is 11.3. The van der Waals surface area contributed by atoms with E-state index in [1.165, 1.54) is 13.5 Å². The molecule has 1 unspecified atom stereocenters. The van der Waals surface area contributed by atoms with E-state index in [9.17, 15) is 4.79 Å². The molecule has 0 aliphatic heterocycles. The van der Waals surface area contributed by atoms with Gasteiger partial charge in [-0.2, -0.15) is 0 Å². The number of hydrogen-bond acceptors (Lipinski definition) is 2. The molecule has 0 heterocycles. The Morgan fingerprint density at radius 3 is 2.64 bits per heavy atom. The minimum Gasteiger partial charge on any atom is -0.466 e. The van der Waals surface area contributed by atoms with Crippen molar-refractivity contribution in [2.45, 2.75) is 40.0 Å². The number of carbonyl (C=O) groups excluding carboxylic acids is 1. The largest absolute Gasteiger partial charge is 0.466 e. The lowest BCUT2D eigenvalue weighted by atomic mass is 9.72. The third-order valence-electron chi connectivity index (χ3n) is 3.04. The van der Waals surface area contributed by atoms with Crippen LogP contribution in [0.1, 0.15) is 40.0 Å². The summed E-state index contributed by atoms with van der Waals surface area (Å²) < 4.78 is 4.74. The highest BCUT2D eigenvalue weighted by molar-refractivity contribution is 5.88. The zero-order valence-electron chi connectivity index (χ0n) is 9.59. The smallest absolute Gasteiger partial charge is 0.333 e. The lowest BCUT2D eigenvalue weighted by Gasteiger charge is -2.33. The van der Waals surface area contributed by atoms with Gasteiger partial charge in [-0.1, -0.05) is 26.8 Å². The van der Waals surface area contributed by atoms with Crippen LogP contribution in [-0.4, -0.2) is 13.1 Å². The first-order valence-corrected chi connectivity index (χ1v) is 5.22. The molecule has 1 rings (SSSR count). The van der Waals surface area contributed by atoms with Crippen LogP contribution in [0.3, 0.4) is 0 Å². The number of methoxy groups -OCH3 is 1. The van der Waals surface area contributed by atoms with Crippen molar-refractivity contribution < 1.29 is 9.53 Å². The van der Waals surface area contributed by atoms with Gasteiger partial charge in [0.2, 0.25) is 0 Å². The number of carbonyl (C=O) groups is 1. The van der Waals surface area contributed by atoms with Gasteiger partial charge in [0.1, 0.15) is 0 Å². The Labute approximate surface area is 86.3 Å². The summed E-state index contributed by atoms with van der Waals surface area (Å²) in [7, 11) is 1.45. The highest BCUT2D eigenvalue weighted by Gasteiger charge is 2.29. The van der Waals surface area contributed by atoms with Crippen LogP contribution >= 0.6 is 0 Å². The highest BCUT2D eigenvalue weighted by atomic mass is 16.5. The van der Waals surface area contributed by atoms with Crippen LogP contribution < -0.4 is 0 Å². The first-order valence-electron chi connectivity index (χ1n) is 5.22. The number of rotatable bonds is 1. The normalized spacial score (nSPS) is 22.9. The molecule has 0 fully saturated rings. The second kappa shape index (κ2) is 4.16. The van der Waals surface area contributed by atoms with E-state index in [0.717, 1.165) is 18.4 Å². The quantitative estimate of drug-likeness (QED) is 0.603. The van der Waals surface area contributed by atoms with Crippen molar-refractivity contribution >= 4 is 5.97 Å². The van der Waals surface area contributed by atoms with Crippen molar-refractivity contribution in [2.24, 2.45) is 11.3 Å². The summed E-state index contributed by atoms with van der Waals surface area (Å²) in [5, 5.41) is 0. The maximum atomic E-state index is 11.3. The van der Waals surface area contributed by atoms with Gasteiger partial charge in [-0.05, 0) is 30.6 Å². The molecule has 14 heavy (non-hydrogen) atoms. The third kappa shape index (κ3) is 2.60. The van der Waals surface area contributed by atoms with Gasteiger partial charge in [0, 0.05) is 5.57 Å². The molecule has 0 bridgehead atoms. The fourth-order valence-electron chi connectivity index (χ4n) is 1.95. The molecule has 0 aromatic carbocycles. The molecule has 0 aromatic rings. The maximum absolute atomic E-state index is 11.3. The second-order valence-electron chi connectivity index (χ2n) is 5.07. The van der Waals surface area contributed by atoms with E-state index in [4.69, 9.17) is 4.74 Å². The Morgan fingerprint density at radius 2 is 2.14 bits per heavy atom. The zero-order valence-corrected chi connectivity index (χ0v) is 9.59. The molecule has 2 nitrogen and oxygen atoms in total. The van der Waals surface area contributed by atoms with Crippen LogP contribution in [0.4, 0.5) is 0 Å². The molecule has 0 radical (unpaired) electrons. The summed E-state index contributed by atoms with van der Waals surface area (Å²) >= 11 is 0. The molecule has 80 valence electrons. The Balaban J connectivity index is 2.67. The molecule has 0 N–H and O–H groups in total. The van der Waals surface area contributed by atoms with Gasteiger partial charge in [0.25, 0.3) is 0 Å². The summed E-state index contributed by atoms with van der Waals surface area (Å²) in [5.41, 5.74) is 1.15. The predicted octanol–water partition coefficient (Wildman–Crippen LogP) is 2.93. The second-order valence-corrected chi connectivity index (χ2v) is 5.07. The van der Waals surface area contributed by atoms with E-state index in [2.05, 4.69) is 20.8 Å². The molecule has 0 aromatic heterocycles. The van der Waals surface area contributed by atoms with E-state index in [-0.39, 0.29) is 11.4 Å². The van der Waals surface area contributed by atoms with Crippen LogP contribution in [0.2, 0.25) is 0 Å². The van der Waals surface area contributed by atoms with Gasteiger partial charge in [-0.25, -0.2) is 4.79 Å². The average Bonchev–Trinajstić information content (AvgIpc) is 2.15. The van der Waals surface area contributed by atoms with E-state index in [0.29, 0.717) is 5.92 Å². The highest BCUT2D eigenvalue weighted by Crippen LogP contribution is 2.37. The Kier molecular flexibility index (Phi) is 3.35. The number of hydrogen-bond donors (Lipinski definition) is 0. The minimum absolute atomic E-state index is 0.154. The molecular weight excluding hydrogens is 176 g/mol. The predicted molar refractivity (Wildman–Crippen MR) is 56.9 cm³/mol. The SMILES string of the molecule is COC(=O)C1=CCCC(C(C)(C)C)C1. The molecule has 1 aliphatic rings. The Bertz CT molecular complexity index is 246. The average molecular weight is 196 g/mol. The maximum Gasteiger partial charge on any atom is 0.333 e. The van der Waals surface area contributed by atoms with Gasteiger partial charge < -0.3 is 4.74 Å². The monoisotopic (exact) mass is 196 g/mol. The first-order chi connectivity index (χ1) is 6.45. The van der Waals surface area contributed by atoms with Crippen molar-refractivity contribution in [1.29, 1.82) is 0 Å². The fraction of sp³-hybridized carbons (Fsp3) is 0.750. The van der Waals surface area contributed by atoms with Crippen molar-refractivity contribution in [2.75, 3.05) is 7.11 Å². The van der Waals surface area contributed by atoms with Crippen LogP contribution in [0.5, 0.6) is 0 Å². The molecule has 0 saturated carbocycles. The third-order valence-corrected chi connectivity index (χ3v) is 3.04. The number of ether oxygens (including phenoxy) is 1.